The number of benzene rings is 1. The predicted octanol–water partition coefficient (Wildman–Crippen LogP) is 3.58. The molecule has 0 aromatic heterocycles. The van der Waals surface area contributed by atoms with Crippen molar-refractivity contribution in [1.82, 2.24) is 5.32 Å². The normalized spacial score (nSPS) is 32.4. The number of ether oxygens (including phenoxy) is 2. The molecule has 25 heavy (non-hydrogen) atoms. The highest BCUT2D eigenvalue weighted by molar-refractivity contribution is 5.79. The van der Waals surface area contributed by atoms with Gasteiger partial charge in [0.2, 0.25) is 5.91 Å². The molecule has 4 fully saturated rings. The number of carbonyl (C=O) groups is 1. The van der Waals surface area contributed by atoms with Gasteiger partial charge in [-0.05, 0) is 74.5 Å². The van der Waals surface area contributed by atoms with Crippen molar-refractivity contribution in [1.29, 1.82) is 0 Å². The Morgan fingerprint density at radius 1 is 1.04 bits per heavy atom. The standard InChI is InChI=1S/C21H29NO3/c1-24-18-4-2-17(3-5-18)20-8-11-21(12-9-20,13-10-20)22-19(23)16-6-14-25-15-7-16/h2-5,16H,6-15H2,1H3,(H,22,23). The van der Waals surface area contributed by atoms with Crippen LogP contribution in [0.3, 0.4) is 0 Å². The topological polar surface area (TPSA) is 47.6 Å². The third-order valence-electron chi connectivity index (χ3n) is 6.93. The fourth-order valence-electron chi connectivity index (χ4n) is 5.07. The second-order valence-electron chi connectivity index (χ2n) is 8.17. The molecule has 4 heteroatoms. The first-order valence-corrected chi connectivity index (χ1v) is 9.69. The summed E-state index contributed by atoms with van der Waals surface area (Å²) in [6.45, 7) is 1.46. The predicted molar refractivity (Wildman–Crippen MR) is 96.8 cm³/mol. The highest BCUT2D eigenvalue weighted by Crippen LogP contribution is 2.53. The quantitative estimate of drug-likeness (QED) is 0.909. The first-order chi connectivity index (χ1) is 12.1. The van der Waals surface area contributed by atoms with Gasteiger partial charge < -0.3 is 14.8 Å². The molecule has 1 aromatic carbocycles. The third kappa shape index (κ3) is 3.17. The van der Waals surface area contributed by atoms with Gasteiger partial charge in [-0.2, -0.15) is 0 Å². The lowest BCUT2D eigenvalue weighted by molar-refractivity contribution is -0.131. The molecule has 4 nitrogen and oxygen atoms in total. The molecule has 3 saturated carbocycles. The second-order valence-corrected chi connectivity index (χ2v) is 8.17. The average molecular weight is 343 g/mol. The van der Waals surface area contributed by atoms with Crippen molar-refractivity contribution in [2.75, 3.05) is 20.3 Å². The van der Waals surface area contributed by atoms with E-state index in [2.05, 4.69) is 29.6 Å². The van der Waals surface area contributed by atoms with E-state index >= 15 is 0 Å². The first kappa shape index (κ1) is 16.9. The molecule has 1 saturated heterocycles. The van der Waals surface area contributed by atoms with E-state index in [0.29, 0.717) is 5.41 Å². The molecule has 0 spiro atoms. The molecule has 136 valence electrons. The molecule has 2 bridgehead atoms. The van der Waals surface area contributed by atoms with Crippen LogP contribution in [0.1, 0.15) is 56.9 Å². The van der Waals surface area contributed by atoms with Crippen LogP contribution in [0, 0.1) is 5.92 Å². The Bertz CT molecular complexity index is 594. The lowest BCUT2D eigenvalue weighted by Crippen LogP contribution is -2.59. The molecule has 1 aromatic rings. The number of amides is 1. The Hall–Kier alpha value is -1.55. The summed E-state index contributed by atoms with van der Waals surface area (Å²) < 4.78 is 10.7. The summed E-state index contributed by atoms with van der Waals surface area (Å²) in [4.78, 5) is 12.7. The summed E-state index contributed by atoms with van der Waals surface area (Å²) in [5.74, 6) is 1.34. The van der Waals surface area contributed by atoms with Crippen LogP contribution < -0.4 is 10.1 Å². The van der Waals surface area contributed by atoms with E-state index in [0.717, 1.165) is 51.1 Å². The highest BCUT2D eigenvalue weighted by Gasteiger charge is 2.50. The zero-order valence-electron chi connectivity index (χ0n) is 15.2. The van der Waals surface area contributed by atoms with Gasteiger partial charge in [0.05, 0.1) is 7.11 Å². The lowest BCUT2D eigenvalue weighted by Gasteiger charge is -2.54. The van der Waals surface area contributed by atoms with Crippen LogP contribution in [-0.4, -0.2) is 31.8 Å². The van der Waals surface area contributed by atoms with E-state index in [4.69, 9.17) is 9.47 Å². The van der Waals surface area contributed by atoms with Gasteiger partial charge in [0.25, 0.3) is 0 Å². The largest absolute Gasteiger partial charge is 0.497 e. The van der Waals surface area contributed by atoms with Crippen LogP contribution >= 0.6 is 0 Å². The van der Waals surface area contributed by atoms with Crippen molar-refractivity contribution in [2.45, 2.75) is 62.3 Å². The third-order valence-corrected chi connectivity index (χ3v) is 6.93. The summed E-state index contributed by atoms with van der Waals surface area (Å²) >= 11 is 0. The van der Waals surface area contributed by atoms with Gasteiger partial charge in [-0.1, -0.05) is 12.1 Å². The molecule has 5 rings (SSSR count). The Kier molecular flexibility index (Phi) is 4.48. The number of methoxy groups -OCH3 is 1. The van der Waals surface area contributed by atoms with E-state index < -0.39 is 0 Å². The van der Waals surface area contributed by atoms with Gasteiger partial charge in [-0.3, -0.25) is 4.79 Å². The fourth-order valence-corrected chi connectivity index (χ4v) is 5.07. The lowest BCUT2D eigenvalue weighted by atomic mass is 9.55. The minimum atomic E-state index is 0.0452. The second kappa shape index (κ2) is 6.64. The number of hydrogen-bond acceptors (Lipinski definition) is 3. The van der Waals surface area contributed by atoms with Gasteiger partial charge in [0, 0.05) is 24.7 Å². The molecule has 0 unspecified atom stereocenters. The first-order valence-electron chi connectivity index (χ1n) is 9.69. The van der Waals surface area contributed by atoms with Gasteiger partial charge in [-0.25, -0.2) is 0 Å². The highest BCUT2D eigenvalue weighted by atomic mass is 16.5. The maximum Gasteiger partial charge on any atom is 0.223 e. The number of hydrogen-bond donors (Lipinski definition) is 1. The van der Waals surface area contributed by atoms with E-state index in [1.807, 2.05) is 0 Å². The van der Waals surface area contributed by atoms with Crippen molar-refractivity contribution in [2.24, 2.45) is 5.92 Å². The maximum atomic E-state index is 12.7. The number of carbonyl (C=O) groups excluding carboxylic acids is 1. The van der Waals surface area contributed by atoms with E-state index in [1.165, 1.54) is 24.8 Å². The van der Waals surface area contributed by atoms with E-state index in [-0.39, 0.29) is 17.4 Å². The van der Waals surface area contributed by atoms with Crippen molar-refractivity contribution < 1.29 is 14.3 Å². The summed E-state index contributed by atoms with van der Waals surface area (Å²) in [6, 6.07) is 8.62. The Morgan fingerprint density at radius 2 is 1.64 bits per heavy atom. The smallest absolute Gasteiger partial charge is 0.223 e. The molecule has 3 aliphatic carbocycles. The number of nitrogens with one attached hydrogen (secondary N) is 1. The van der Waals surface area contributed by atoms with Gasteiger partial charge in [-0.15, -0.1) is 0 Å². The van der Waals surface area contributed by atoms with Crippen LogP contribution in [0.4, 0.5) is 0 Å². The van der Waals surface area contributed by atoms with Crippen molar-refractivity contribution in [3.05, 3.63) is 29.8 Å². The summed E-state index contributed by atoms with van der Waals surface area (Å²) in [5, 5.41) is 3.46. The summed E-state index contributed by atoms with van der Waals surface area (Å²) in [5.41, 5.74) is 1.79. The van der Waals surface area contributed by atoms with Crippen molar-refractivity contribution >= 4 is 5.91 Å². The molecule has 1 aliphatic heterocycles. The number of fused-ring (bicyclic) bond motifs is 3. The van der Waals surface area contributed by atoms with Gasteiger partial charge >= 0.3 is 0 Å². The maximum absolute atomic E-state index is 12.7. The summed E-state index contributed by atoms with van der Waals surface area (Å²) in [6.07, 6.45) is 8.58. The Balaban J connectivity index is 1.42. The van der Waals surface area contributed by atoms with Gasteiger partial charge in [0.15, 0.2) is 0 Å². The SMILES string of the molecule is COc1ccc(C23CCC(NC(=O)C4CCOCC4)(CC2)CC3)cc1. The molecular weight excluding hydrogens is 314 g/mol. The molecule has 1 amide bonds. The minimum absolute atomic E-state index is 0.0452. The van der Waals surface area contributed by atoms with Crippen LogP contribution in [0.5, 0.6) is 5.75 Å². The molecule has 0 radical (unpaired) electrons. The molecule has 4 aliphatic rings. The van der Waals surface area contributed by atoms with Crippen molar-refractivity contribution in [3.8, 4) is 5.75 Å². The van der Waals surface area contributed by atoms with Crippen molar-refractivity contribution in [3.63, 3.8) is 0 Å². The zero-order valence-corrected chi connectivity index (χ0v) is 15.2. The Labute approximate surface area is 150 Å². The van der Waals surface area contributed by atoms with E-state index in [1.54, 1.807) is 7.11 Å². The molecular formula is C21H29NO3. The Morgan fingerprint density at radius 3 is 2.20 bits per heavy atom. The average Bonchev–Trinajstić information content (AvgIpc) is 2.70. The van der Waals surface area contributed by atoms with Gasteiger partial charge in [0.1, 0.15) is 5.75 Å². The molecule has 0 atom stereocenters. The molecule has 1 N–H and O–H groups in total. The number of rotatable bonds is 4. The summed E-state index contributed by atoms with van der Waals surface area (Å²) in [7, 11) is 1.71. The van der Waals surface area contributed by atoms with Crippen LogP contribution in [0.15, 0.2) is 24.3 Å². The molecule has 1 heterocycles. The fraction of sp³-hybridized carbons (Fsp3) is 0.667. The zero-order chi connectivity index (χ0) is 17.3. The van der Waals surface area contributed by atoms with Crippen LogP contribution in [-0.2, 0) is 14.9 Å². The minimum Gasteiger partial charge on any atom is -0.497 e. The monoisotopic (exact) mass is 343 g/mol. The van der Waals surface area contributed by atoms with E-state index in [9.17, 15) is 4.79 Å². The van der Waals surface area contributed by atoms with Crippen LogP contribution in [0.2, 0.25) is 0 Å². The van der Waals surface area contributed by atoms with Crippen LogP contribution in [0.25, 0.3) is 0 Å².